The summed E-state index contributed by atoms with van der Waals surface area (Å²) in [4.78, 5) is 11.9. The Hall–Kier alpha value is -2.33. The monoisotopic (exact) mass is 285 g/mol. The van der Waals surface area contributed by atoms with Crippen molar-refractivity contribution in [2.45, 2.75) is 19.1 Å². The van der Waals surface area contributed by atoms with E-state index in [0.717, 1.165) is 11.1 Å². The van der Waals surface area contributed by atoms with Gasteiger partial charge in [0.1, 0.15) is 6.61 Å². The molecule has 0 aliphatic heterocycles. The smallest absolute Gasteiger partial charge is 0.408 e. The Kier molecular flexibility index (Phi) is 4.95. The second kappa shape index (κ2) is 6.90. The van der Waals surface area contributed by atoms with Crippen molar-refractivity contribution in [3.63, 3.8) is 0 Å². The second-order valence-corrected chi connectivity index (χ2v) is 5.04. The molecule has 0 radical (unpaired) electrons. The van der Waals surface area contributed by atoms with Gasteiger partial charge in [0.05, 0.1) is 12.1 Å². The van der Waals surface area contributed by atoms with E-state index in [1.165, 1.54) is 0 Å². The van der Waals surface area contributed by atoms with Gasteiger partial charge in [0.15, 0.2) is 0 Å². The van der Waals surface area contributed by atoms with Gasteiger partial charge in [0, 0.05) is 0 Å². The molecular weight excluding hydrogens is 266 g/mol. The average molecular weight is 285 g/mol. The van der Waals surface area contributed by atoms with E-state index in [-0.39, 0.29) is 13.2 Å². The van der Waals surface area contributed by atoms with E-state index in [0.29, 0.717) is 0 Å². The van der Waals surface area contributed by atoms with Crippen molar-refractivity contribution in [2.24, 2.45) is 0 Å². The standard InChI is InChI=1S/C17H19NO3/c1-17(13-19,15-10-6-3-7-11-15)18-16(20)21-12-14-8-4-2-5-9-14/h2-11,19H,12-13H2,1H3,(H,18,20)/t17-/m0/s1. The third kappa shape index (κ3) is 4.07. The van der Waals surface area contributed by atoms with Crippen molar-refractivity contribution >= 4 is 6.09 Å². The van der Waals surface area contributed by atoms with Crippen molar-refractivity contribution < 1.29 is 14.6 Å². The van der Waals surface area contributed by atoms with Gasteiger partial charge in [0.2, 0.25) is 0 Å². The number of ether oxygens (including phenoxy) is 1. The Morgan fingerprint density at radius 2 is 1.67 bits per heavy atom. The predicted octanol–water partition coefficient (Wildman–Crippen LogP) is 2.82. The third-order valence-corrected chi connectivity index (χ3v) is 3.32. The molecule has 0 aliphatic carbocycles. The van der Waals surface area contributed by atoms with Crippen LogP contribution >= 0.6 is 0 Å². The van der Waals surface area contributed by atoms with E-state index in [1.807, 2.05) is 60.7 Å². The SMILES string of the molecule is C[C@@](CO)(NC(=O)OCc1ccccc1)c1ccccc1. The minimum absolute atomic E-state index is 0.197. The van der Waals surface area contributed by atoms with Crippen LogP contribution in [0.4, 0.5) is 4.79 Å². The number of rotatable bonds is 5. The van der Waals surface area contributed by atoms with Gasteiger partial charge < -0.3 is 15.2 Å². The highest BCUT2D eigenvalue weighted by Crippen LogP contribution is 2.20. The largest absolute Gasteiger partial charge is 0.445 e. The normalized spacial score (nSPS) is 13.2. The lowest BCUT2D eigenvalue weighted by Crippen LogP contribution is -2.46. The number of aliphatic hydroxyl groups is 1. The molecule has 2 N–H and O–H groups in total. The Morgan fingerprint density at radius 3 is 2.24 bits per heavy atom. The first kappa shape index (κ1) is 15.1. The van der Waals surface area contributed by atoms with Crippen LogP contribution < -0.4 is 5.32 Å². The molecule has 0 saturated heterocycles. The van der Waals surface area contributed by atoms with Crippen LogP contribution in [-0.2, 0) is 16.9 Å². The van der Waals surface area contributed by atoms with Gasteiger partial charge in [-0.1, -0.05) is 60.7 Å². The van der Waals surface area contributed by atoms with Crippen molar-refractivity contribution in [3.05, 3.63) is 71.8 Å². The van der Waals surface area contributed by atoms with Crippen molar-refractivity contribution in [2.75, 3.05) is 6.61 Å². The van der Waals surface area contributed by atoms with E-state index < -0.39 is 11.6 Å². The van der Waals surface area contributed by atoms with Gasteiger partial charge in [-0.15, -0.1) is 0 Å². The number of carbonyl (C=O) groups excluding carboxylic acids is 1. The van der Waals surface area contributed by atoms with E-state index in [9.17, 15) is 9.90 Å². The maximum atomic E-state index is 11.9. The van der Waals surface area contributed by atoms with Crippen molar-refractivity contribution in [3.8, 4) is 0 Å². The number of hydrogen-bond donors (Lipinski definition) is 2. The molecule has 0 bridgehead atoms. The number of amides is 1. The summed E-state index contributed by atoms with van der Waals surface area (Å²) in [5.41, 5.74) is 0.872. The molecule has 0 fully saturated rings. The molecule has 0 spiro atoms. The zero-order chi connectivity index (χ0) is 15.1. The molecule has 0 saturated carbocycles. The molecule has 110 valence electrons. The maximum absolute atomic E-state index is 11.9. The van der Waals surface area contributed by atoms with Crippen LogP contribution in [0.15, 0.2) is 60.7 Å². The zero-order valence-electron chi connectivity index (χ0n) is 12.0. The molecule has 4 nitrogen and oxygen atoms in total. The molecule has 0 unspecified atom stereocenters. The molecule has 4 heteroatoms. The molecule has 0 aromatic heterocycles. The number of benzene rings is 2. The minimum atomic E-state index is -0.866. The topological polar surface area (TPSA) is 58.6 Å². The molecule has 21 heavy (non-hydrogen) atoms. The van der Waals surface area contributed by atoms with Gasteiger partial charge in [-0.2, -0.15) is 0 Å². The van der Waals surface area contributed by atoms with Gasteiger partial charge >= 0.3 is 6.09 Å². The van der Waals surface area contributed by atoms with E-state index >= 15 is 0 Å². The summed E-state index contributed by atoms with van der Waals surface area (Å²) >= 11 is 0. The predicted molar refractivity (Wildman–Crippen MR) is 80.6 cm³/mol. The summed E-state index contributed by atoms with van der Waals surface area (Å²) in [6, 6.07) is 18.8. The fraction of sp³-hybridized carbons (Fsp3) is 0.235. The van der Waals surface area contributed by atoms with E-state index in [1.54, 1.807) is 6.92 Å². The van der Waals surface area contributed by atoms with Crippen LogP contribution in [0.3, 0.4) is 0 Å². The first-order valence-electron chi connectivity index (χ1n) is 6.79. The molecule has 0 aliphatic rings. The first-order valence-corrected chi connectivity index (χ1v) is 6.79. The highest BCUT2D eigenvalue weighted by Gasteiger charge is 2.28. The van der Waals surface area contributed by atoms with E-state index in [4.69, 9.17) is 4.74 Å². The highest BCUT2D eigenvalue weighted by molar-refractivity contribution is 5.68. The van der Waals surface area contributed by atoms with Gasteiger partial charge in [-0.25, -0.2) is 4.79 Å². The van der Waals surface area contributed by atoms with Gasteiger partial charge in [-0.05, 0) is 18.1 Å². The molecular formula is C17H19NO3. The Bertz CT molecular complexity index is 571. The highest BCUT2D eigenvalue weighted by atomic mass is 16.5. The van der Waals surface area contributed by atoms with Crippen LogP contribution in [0.5, 0.6) is 0 Å². The first-order chi connectivity index (χ1) is 10.1. The van der Waals surface area contributed by atoms with Crippen molar-refractivity contribution in [1.82, 2.24) is 5.32 Å². The molecule has 2 aromatic carbocycles. The number of carbonyl (C=O) groups is 1. The molecule has 0 heterocycles. The fourth-order valence-electron chi connectivity index (χ4n) is 1.99. The van der Waals surface area contributed by atoms with Crippen LogP contribution in [0, 0.1) is 0 Å². The lowest BCUT2D eigenvalue weighted by molar-refractivity contribution is 0.111. The summed E-state index contributed by atoms with van der Waals surface area (Å²) in [5.74, 6) is 0. The van der Waals surface area contributed by atoms with Crippen LogP contribution in [0.2, 0.25) is 0 Å². The van der Waals surface area contributed by atoms with Crippen molar-refractivity contribution in [1.29, 1.82) is 0 Å². The average Bonchev–Trinajstić information content (AvgIpc) is 2.54. The third-order valence-electron chi connectivity index (χ3n) is 3.32. The minimum Gasteiger partial charge on any atom is -0.445 e. The van der Waals surface area contributed by atoms with Gasteiger partial charge in [0.25, 0.3) is 0 Å². The van der Waals surface area contributed by atoms with Crippen LogP contribution in [0.25, 0.3) is 0 Å². The summed E-state index contributed by atoms with van der Waals surface area (Å²) in [6.07, 6.45) is -0.556. The number of aliphatic hydroxyl groups excluding tert-OH is 1. The van der Waals surface area contributed by atoms with Crippen LogP contribution in [-0.4, -0.2) is 17.8 Å². The molecule has 1 atom stereocenters. The summed E-state index contributed by atoms with van der Waals surface area (Å²) in [6.45, 7) is 1.74. The van der Waals surface area contributed by atoms with Gasteiger partial charge in [-0.3, -0.25) is 0 Å². The number of alkyl carbamates (subject to hydrolysis) is 1. The van der Waals surface area contributed by atoms with Crippen LogP contribution in [0.1, 0.15) is 18.1 Å². The molecule has 2 rings (SSSR count). The molecule has 2 aromatic rings. The Balaban J connectivity index is 1.97. The Morgan fingerprint density at radius 1 is 1.10 bits per heavy atom. The number of nitrogens with one attached hydrogen (secondary N) is 1. The number of hydrogen-bond acceptors (Lipinski definition) is 3. The quantitative estimate of drug-likeness (QED) is 0.888. The summed E-state index contributed by atoms with van der Waals surface area (Å²) < 4.78 is 5.19. The lowest BCUT2D eigenvalue weighted by atomic mass is 9.93. The summed E-state index contributed by atoms with van der Waals surface area (Å²) in [7, 11) is 0. The summed E-state index contributed by atoms with van der Waals surface area (Å²) in [5, 5.41) is 12.3. The zero-order valence-corrected chi connectivity index (χ0v) is 12.0. The maximum Gasteiger partial charge on any atom is 0.408 e. The lowest BCUT2D eigenvalue weighted by Gasteiger charge is -2.28. The second-order valence-electron chi connectivity index (χ2n) is 5.04. The Labute approximate surface area is 124 Å². The fourth-order valence-corrected chi connectivity index (χ4v) is 1.99. The van der Waals surface area contributed by atoms with E-state index in [2.05, 4.69) is 5.32 Å². The molecule has 1 amide bonds.